The lowest BCUT2D eigenvalue weighted by Crippen LogP contribution is -2.46. The molecule has 1 fully saturated rings. The minimum Gasteiger partial charge on any atom is -0.348 e. The molecule has 1 aromatic carbocycles. The number of benzene rings is 1. The molecule has 2 amide bonds. The number of carbonyl (C=O) groups is 2. The summed E-state index contributed by atoms with van der Waals surface area (Å²) in [7, 11) is -3.55. The molecular weight excluding hydrogens is 354 g/mol. The number of sulfonamides is 1. The van der Waals surface area contributed by atoms with Crippen molar-refractivity contribution in [3.63, 3.8) is 0 Å². The lowest BCUT2D eigenvalue weighted by Gasteiger charge is -2.34. The molecule has 1 heterocycles. The van der Waals surface area contributed by atoms with Crippen LogP contribution in [-0.2, 0) is 19.6 Å². The van der Waals surface area contributed by atoms with E-state index in [1.165, 1.54) is 4.31 Å². The van der Waals surface area contributed by atoms with E-state index >= 15 is 0 Å². The number of amides is 2. The van der Waals surface area contributed by atoms with Crippen LogP contribution in [0.25, 0.3) is 0 Å². The van der Waals surface area contributed by atoms with Gasteiger partial charge in [0, 0.05) is 25.7 Å². The van der Waals surface area contributed by atoms with Gasteiger partial charge in [-0.3, -0.25) is 9.59 Å². The Kier molecular flexibility index (Phi) is 7.59. The van der Waals surface area contributed by atoms with Gasteiger partial charge in [-0.25, -0.2) is 8.42 Å². The van der Waals surface area contributed by atoms with Crippen LogP contribution in [0.1, 0.15) is 39.0 Å². The standard InChI is InChI=1S/C18H27N3O4S/c1-2-12-19-17(22)18(23)20-13-11-15-8-6-7-14-21(15)26(24,25)16-9-4-3-5-10-16/h3-5,9-10,15H,2,6-8,11-14H2,1H3,(H,19,22)(H,20,23). The van der Waals surface area contributed by atoms with Crippen molar-refractivity contribution in [3.8, 4) is 0 Å². The van der Waals surface area contributed by atoms with Crippen LogP contribution in [0.4, 0.5) is 0 Å². The maximum Gasteiger partial charge on any atom is 0.309 e. The number of hydrogen-bond acceptors (Lipinski definition) is 4. The summed E-state index contributed by atoms with van der Waals surface area (Å²) in [6.07, 6.45) is 3.78. The van der Waals surface area contributed by atoms with Crippen molar-refractivity contribution in [2.45, 2.75) is 50.0 Å². The molecule has 1 aliphatic heterocycles. The van der Waals surface area contributed by atoms with E-state index < -0.39 is 21.8 Å². The molecule has 0 saturated carbocycles. The van der Waals surface area contributed by atoms with Crippen LogP contribution in [0.3, 0.4) is 0 Å². The second-order valence-corrected chi connectivity index (χ2v) is 8.27. The summed E-state index contributed by atoms with van der Waals surface area (Å²) in [5.41, 5.74) is 0. The molecular formula is C18H27N3O4S. The van der Waals surface area contributed by atoms with Gasteiger partial charge in [0.1, 0.15) is 0 Å². The summed E-state index contributed by atoms with van der Waals surface area (Å²) in [6.45, 7) is 3.11. The average Bonchev–Trinajstić information content (AvgIpc) is 2.67. The SMILES string of the molecule is CCCNC(=O)C(=O)NCCC1CCCCN1S(=O)(=O)c1ccccc1. The van der Waals surface area contributed by atoms with E-state index in [1.54, 1.807) is 30.3 Å². The third kappa shape index (κ3) is 5.28. The Hall–Kier alpha value is -1.93. The zero-order valence-electron chi connectivity index (χ0n) is 15.1. The van der Waals surface area contributed by atoms with Gasteiger partial charge in [-0.15, -0.1) is 0 Å². The third-order valence-corrected chi connectivity index (χ3v) is 6.39. The largest absolute Gasteiger partial charge is 0.348 e. The van der Waals surface area contributed by atoms with Crippen LogP contribution in [-0.4, -0.2) is 50.2 Å². The number of piperidine rings is 1. The second kappa shape index (κ2) is 9.68. The monoisotopic (exact) mass is 381 g/mol. The Morgan fingerprint density at radius 2 is 1.73 bits per heavy atom. The minimum atomic E-state index is -3.55. The molecule has 8 heteroatoms. The summed E-state index contributed by atoms with van der Waals surface area (Å²) in [5.74, 6) is -1.32. The van der Waals surface area contributed by atoms with Gasteiger partial charge in [0.15, 0.2) is 0 Å². The van der Waals surface area contributed by atoms with Crippen molar-refractivity contribution in [1.82, 2.24) is 14.9 Å². The number of nitrogens with one attached hydrogen (secondary N) is 2. The maximum absolute atomic E-state index is 12.9. The molecule has 0 spiro atoms. The van der Waals surface area contributed by atoms with Crippen LogP contribution < -0.4 is 10.6 Å². The zero-order chi connectivity index (χ0) is 19.0. The first-order valence-electron chi connectivity index (χ1n) is 9.09. The molecule has 26 heavy (non-hydrogen) atoms. The fourth-order valence-corrected chi connectivity index (χ4v) is 4.80. The van der Waals surface area contributed by atoms with Crippen LogP contribution >= 0.6 is 0 Å². The first-order chi connectivity index (χ1) is 12.5. The maximum atomic E-state index is 12.9. The van der Waals surface area contributed by atoms with Crippen molar-refractivity contribution >= 4 is 21.8 Å². The fraction of sp³-hybridized carbons (Fsp3) is 0.556. The summed E-state index contributed by atoms with van der Waals surface area (Å²) in [6, 6.07) is 8.23. The lowest BCUT2D eigenvalue weighted by molar-refractivity contribution is -0.139. The Morgan fingerprint density at radius 1 is 1.08 bits per heavy atom. The molecule has 0 radical (unpaired) electrons. The molecule has 1 saturated heterocycles. The summed E-state index contributed by atoms with van der Waals surface area (Å²) in [5, 5.41) is 5.10. The first kappa shape index (κ1) is 20.4. The summed E-state index contributed by atoms with van der Waals surface area (Å²) < 4.78 is 27.3. The predicted molar refractivity (Wildman–Crippen MR) is 98.9 cm³/mol. The summed E-state index contributed by atoms with van der Waals surface area (Å²) >= 11 is 0. The molecule has 0 aromatic heterocycles. The van der Waals surface area contributed by atoms with Gasteiger partial charge in [0.2, 0.25) is 10.0 Å². The first-order valence-corrected chi connectivity index (χ1v) is 10.5. The van der Waals surface area contributed by atoms with Crippen molar-refractivity contribution in [1.29, 1.82) is 0 Å². The topological polar surface area (TPSA) is 95.6 Å². The average molecular weight is 381 g/mol. The van der Waals surface area contributed by atoms with Crippen molar-refractivity contribution in [2.75, 3.05) is 19.6 Å². The zero-order valence-corrected chi connectivity index (χ0v) is 15.9. The molecule has 2 N–H and O–H groups in total. The Balaban J connectivity index is 1.95. The van der Waals surface area contributed by atoms with E-state index in [4.69, 9.17) is 0 Å². The molecule has 1 atom stereocenters. The molecule has 1 unspecified atom stereocenters. The predicted octanol–water partition coefficient (Wildman–Crippen LogP) is 1.26. The van der Waals surface area contributed by atoms with E-state index in [0.717, 1.165) is 25.7 Å². The highest BCUT2D eigenvalue weighted by Gasteiger charge is 2.33. The van der Waals surface area contributed by atoms with Gasteiger partial charge in [-0.1, -0.05) is 31.5 Å². The highest BCUT2D eigenvalue weighted by molar-refractivity contribution is 7.89. The normalized spacial score (nSPS) is 18.3. The van der Waals surface area contributed by atoms with Gasteiger partial charge in [0.25, 0.3) is 0 Å². The number of rotatable bonds is 7. The van der Waals surface area contributed by atoms with Gasteiger partial charge >= 0.3 is 11.8 Å². The van der Waals surface area contributed by atoms with Crippen LogP contribution in [0.15, 0.2) is 35.2 Å². The highest BCUT2D eigenvalue weighted by atomic mass is 32.2. The van der Waals surface area contributed by atoms with E-state index in [-0.39, 0.29) is 17.5 Å². The van der Waals surface area contributed by atoms with Crippen molar-refractivity contribution in [3.05, 3.63) is 30.3 Å². The smallest absolute Gasteiger partial charge is 0.309 e. The van der Waals surface area contributed by atoms with Crippen molar-refractivity contribution in [2.24, 2.45) is 0 Å². The number of carbonyl (C=O) groups excluding carboxylic acids is 2. The lowest BCUT2D eigenvalue weighted by atomic mass is 10.0. The molecule has 1 aromatic rings. The Labute approximate surface area is 155 Å². The summed E-state index contributed by atoms with van der Waals surface area (Å²) in [4.78, 5) is 23.6. The third-order valence-electron chi connectivity index (χ3n) is 4.43. The van der Waals surface area contributed by atoms with Crippen LogP contribution in [0.2, 0.25) is 0 Å². The van der Waals surface area contributed by atoms with Gasteiger partial charge in [0.05, 0.1) is 4.90 Å². The van der Waals surface area contributed by atoms with Gasteiger partial charge < -0.3 is 10.6 Å². The number of hydrogen-bond donors (Lipinski definition) is 2. The van der Waals surface area contributed by atoms with Crippen LogP contribution in [0.5, 0.6) is 0 Å². The molecule has 144 valence electrons. The van der Waals surface area contributed by atoms with Gasteiger partial charge in [-0.05, 0) is 37.8 Å². The van der Waals surface area contributed by atoms with Gasteiger partial charge in [-0.2, -0.15) is 4.31 Å². The van der Waals surface area contributed by atoms with Crippen LogP contribution in [0, 0.1) is 0 Å². The van der Waals surface area contributed by atoms with Crippen molar-refractivity contribution < 1.29 is 18.0 Å². The second-order valence-electron chi connectivity index (χ2n) is 6.38. The molecule has 2 rings (SSSR count). The van der Waals surface area contributed by atoms with E-state index in [1.807, 2.05) is 6.92 Å². The highest BCUT2D eigenvalue weighted by Crippen LogP contribution is 2.26. The molecule has 0 bridgehead atoms. The molecule has 7 nitrogen and oxygen atoms in total. The van der Waals surface area contributed by atoms with E-state index in [0.29, 0.717) is 19.5 Å². The molecule has 0 aliphatic carbocycles. The number of nitrogens with zero attached hydrogens (tertiary/aromatic N) is 1. The van der Waals surface area contributed by atoms with E-state index in [2.05, 4.69) is 10.6 Å². The molecule has 1 aliphatic rings. The quantitative estimate of drug-likeness (QED) is 0.695. The van der Waals surface area contributed by atoms with E-state index in [9.17, 15) is 18.0 Å². The fourth-order valence-electron chi connectivity index (χ4n) is 3.06. The Morgan fingerprint density at radius 3 is 2.38 bits per heavy atom. The minimum absolute atomic E-state index is 0.173. The Bertz CT molecular complexity index is 706.